The van der Waals surface area contributed by atoms with E-state index in [1.165, 1.54) is 6.07 Å². The van der Waals surface area contributed by atoms with Gasteiger partial charge in [0.1, 0.15) is 11.9 Å². The second-order valence-corrected chi connectivity index (χ2v) is 6.97. The van der Waals surface area contributed by atoms with Gasteiger partial charge in [0.25, 0.3) is 5.69 Å². The molecule has 0 bridgehead atoms. The molecule has 1 fully saturated rings. The van der Waals surface area contributed by atoms with Gasteiger partial charge in [-0.3, -0.25) is 15.1 Å². The van der Waals surface area contributed by atoms with Crippen LogP contribution in [0.3, 0.4) is 0 Å². The Kier molecular flexibility index (Phi) is 4.49. The van der Waals surface area contributed by atoms with E-state index >= 15 is 0 Å². The molecule has 1 N–H and O–H groups in total. The maximum Gasteiger partial charge on any atom is 0.278 e. The van der Waals surface area contributed by atoms with E-state index in [0.29, 0.717) is 17.8 Å². The van der Waals surface area contributed by atoms with E-state index in [4.69, 9.17) is 0 Å². The summed E-state index contributed by atoms with van der Waals surface area (Å²) in [4.78, 5) is 21.5. The van der Waals surface area contributed by atoms with Gasteiger partial charge in [-0.05, 0) is 25.0 Å². The average molecular weight is 367 g/mol. The van der Waals surface area contributed by atoms with Gasteiger partial charge in [-0.15, -0.1) is 0 Å². The Bertz CT molecular complexity index is 986. The van der Waals surface area contributed by atoms with E-state index < -0.39 is 6.10 Å². The largest absolute Gasteiger partial charge is 0.385 e. The number of imidazole rings is 1. The van der Waals surface area contributed by atoms with Gasteiger partial charge < -0.3 is 14.6 Å². The van der Waals surface area contributed by atoms with Crippen molar-refractivity contribution in [3.05, 3.63) is 58.9 Å². The quantitative estimate of drug-likeness (QED) is 0.562. The van der Waals surface area contributed by atoms with Gasteiger partial charge in [0, 0.05) is 68.0 Å². The molecule has 4 rings (SSSR count). The summed E-state index contributed by atoms with van der Waals surface area (Å²) in [6.45, 7) is 1.52. The molecule has 2 unspecified atom stereocenters. The SMILES string of the molecule is Cn1ccnc1C(O)C1CCCN(c2ccc([N+](=O)[O-])c3cnccc23)C1. The normalized spacial score (nSPS) is 18.6. The monoisotopic (exact) mass is 367 g/mol. The number of aliphatic hydroxyl groups excluding tert-OH is 1. The molecular formula is C19H21N5O3. The Hall–Kier alpha value is -3.00. The standard InChI is InChI=1S/C19H21N5O3/c1-22-10-8-21-19(22)18(25)13-3-2-9-23(12-13)16-4-5-17(24(26)27)15-11-20-7-6-14(15)16/h4-8,10-11,13,18,25H,2-3,9,12H2,1H3. The first-order valence-corrected chi connectivity index (χ1v) is 8.97. The van der Waals surface area contributed by atoms with Crippen LogP contribution < -0.4 is 4.90 Å². The fraction of sp³-hybridized carbons (Fsp3) is 0.368. The number of non-ortho nitro benzene ring substituents is 1. The third-order valence-corrected chi connectivity index (χ3v) is 5.34. The zero-order valence-corrected chi connectivity index (χ0v) is 15.0. The van der Waals surface area contributed by atoms with Gasteiger partial charge in [-0.1, -0.05) is 0 Å². The van der Waals surface area contributed by atoms with E-state index in [1.54, 1.807) is 24.7 Å². The first kappa shape index (κ1) is 17.4. The minimum atomic E-state index is -0.640. The number of hydrogen-bond donors (Lipinski definition) is 1. The highest BCUT2D eigenvalue weighted by Crippen LogP contribution is 2.37. The van der Waals surface area contributed by atoms with Crippen LogP contribution in [0.2, 0.25) is 0 Å². The molecule has 27 heavy (non-hydrogen) atoms. The number of nitro groups is 1. The Labute approximate surface area is 156 Å². The molecule has 2 aromatic heterocycles. The molecule has 2 atom stereocenters. The van der Waals surface area contributed by atoms with Crippen LogP contribution in [0.15, 0.2) is 43.0 Å². The van der Waals surface area contributed by atoms with Crippen LogP contribution in [0, 0.1) is 16.0 Å². The molecular weight excluding hydrogens is 346 g/mol. The number of piperidine rings is 1. The molecule has 3 heterocycles. The zero-order chi connectivity index (χ0) is 19.0. The predicted octanol–water partition coefficient (Wildman–Crippen LogP) is 2.83. The number of nitrogens with zero attached hydrogens (tertiary/aromatic N) is 5. The van der Waals surface area contributed by atoms with Crippen LogP contribution in [0.4, 0.5) is 11.4 Å². The van der Waals surface area contributed by atoms with Crippen molar-refractivity contribution in [2.75, 3.05) is 18.0 Å². The highest BCUT2D eigenvalue weighted by atomic mass is 16.6. The van der Waals surface area contributed by atoms with Crippen LogP contribution in [0.25, 0.3) is 10.8 Å². The fourth-order valence-corrected chi connectivity index (χ4v) is 3.95. The summed E-state index contributed by atoms with van der Waals surface area (Å²) in [5.74, 6) is 0.714. The van der Waals surface area contributed by atoms with Crippen molar-refractivity contribution in [2.45, 2.75) is 18.9 Å². The van der Waals surface area contributed by atoms with Crippen molar-refractivity contribution in [3.8, 4) is 0 Å². The number of hydrogen-bond acceptors (Lipinski definition) is 6. The van der Waals surface area contributed by atoms with Crippen molar-refractivity contribution in [2.24, 2.45) is 13.0 Å². The summed E-state index contributed by atoms with van der Waals surface area (Å²) in [6.07, 6.45) is 7.93. The lowest BCUT2D eigenvalue weighted by molar-refractivity contribution is -0.383. The van der Waals surface area contributed by atoms with Crippen LogP contribution in [-0.4, -0.2) is 37.7 Å². The molecule has 0 aliphatic carbocycles. The molecule has 8 nitrogen and oxygen atoms in total. The number of pyridine rings is 1. The Morgan fingerprint density at radius 3 is 2.89 bits per heavy atom. The fourth-order valence-electron chi connectivity index (χ4n) is 3.95. The van der Waals surface area contributed by atoms with E-state index in [-0.39, 0.29) is 16.5 Å². The Morgan fingerprint density at radius 1 is 1.30 bits per heavy atom. The van der Waals surface area contributed by atoms with Crippen molar-refractivity contribution in [1.29, 1.82) is 0 Å². The summed E-state index contributed by atoms with van der Waals surface area (Å²) in [5, 5.41) is 23.5. The van der Waals surface area contributed by atoms with E-state index in [0.717, 1.165) is 30.5 Å². The third-order valence-electron chi connectivity index (χ3n) is 5.34. The van der Waals surface area contributed by atoms with E-state index in [2.05, 4.69) is 14.9 Å². The lowest BCUT2D eigenvalue weighted by Gasteiger charge is -2.36. The van der Waals surface area contributed by atoms with Gasteiger partial charge in [0.15, 0.2) is 0 Å². The van der Waals surface area contributed by atoms with E-state index in [1.807, 2.05) is 23.9 Å². The number of fused-ring (bicyclic) bond motifs is 1. The molecule has 1 aromatic carbocycles. The van der Waals surface area contributed by atoms with E-state index in [9.17, 15) is 15.2 Å². The topological polar surface area (TPSA) is 97.3 Å². The Balaban J connectivity index is 1.67. The third kappa shape index (κ3) is 3.12. The van der Waals surface area contributed by atoms with Crippen molar-refractivity contribution >= 4 is 22.1 Å². The zero-order valence-electron chi connectivity index (χ0n) is 15.0. The Morgan fingerprint density at radius 2 is 2.15 bits per heavy atom. The first-order valence-electron chi connectivity index (χ1n) is 8.97. The summed E-state index contributed by atoms with van der Waals surface area (Å²) in [5.41, 5.74) is 0.998. The second kappa shape index (κ2) is 6.96. The summed E-state index contributed by atoms with van der Waals surface area (Å²) in [7, 11) is 1.88. The van der Waals surface area contributed by atoms with Gasteiger partial charge in [0.2, 0.25) is 0 Å². The van der Waals surface area contributed by atoms with Gasteiger partial charge in [0.05, 0.1) is 10.3 Å². The predicted molar refractivity (Wildman–Crippen MR) is 102 cm³/mol. The second-order valence-electron chi connectivity index (χ2n) is 6.97. The molecule has 0 amide bonds. The molecule has 1 saturated heterocycles. The lowest BCUT2D eigenvalue weighted by Crippen LogP contribution is -2.38. The highest BCUT2D eigenvalue weighted by molar-refractivity contribution is 5.99. The molecule has 140 valence electrons. The highest BCUT2D eigenvalue weighted by Gasteiger charge is 2.30. The minimum absolute atomic E-state index is 0.0481. The van der Waals surface area contributed by atoms with Crippen molar-refractivity contribution in [3.63, 3.8) is 0 Å². The number of nitro benzene ring substituents is 1. The van der Waals surface area contributed by atoms with Crippen LogP contribution >= 0.6 is 0 Å². The summed E-state index contributed by atoms with van der Waals surface area (Å²) < 4.78 is 1.84. The molecule has 8 heteroatoms. The molecule has 3 aromatic rings. The van der Waals surface area contributed by atoms with Crippen LogP contribution in [0.5, 0.6) is 0 Å². The summed E-state index contributed by atoms with van der Waals surface area (Å²) in [6, 6.07) is 5.16. The lowest BCUT2D eigenvalue weighted by atomic mass is 9.91. The number of anilines is 1. The molecule has 1 aliphatic heterocycles. The van der Waals surface area contributed by atoms with Crippen LogP contribution in [0.1, 0.15) is 24.8 Å². The van der Waals surface area contributed by atoms with Crippen molar-refractivity contribution in [1.82, 2.24) is 14.5 Å². The maximum atomic E-state index is 11.3. The van der Waals surface area contributed by atoms with Crippen LogP contribution in [-0.2, 0) is 7.05 Å². The summed E-state index contributed by atoms with van der Waals surface area (Å²) >= 11 is 0. The maximum absolute atomic E-state index is 11.3. The first-order chi connectivity index (χ1) is 13.1. The molecule has 1 aliphatic rings. The number of aromatic nitrogens is 3. The average Bonchev–Trinajstić information content (AvgIpc) is 3.12. The van der Waals surface area contributed by atoms with Gasteiger partial charge in [-0.2, -0.15) is 0 Å². The number of benzene rings is 1. The molecule has 0 radical (unpaired) electrons. The van der Waals surface area contributed by atoms with Gasteiger partial charge in [-0.25, -0.2) is 4.98 Å². The number of rotatable bonds is 4. The number of aliphatic hydroxyl groups is 1. The molecule has 0 spiro atoms. The minimum Gasteiger partial charge on any atom is -0.385 e. The molecule has 0 saturated carbocycles. The number of aryl methyl sites for hydroxylation is 1. The van der Waals surface area contributed by atoms with Crippen molar-refractivity contribution < 1.29 is 10.0 Å². The van der Waals surface area contributed by atoms with Gasteiger partial charge >= 0.3 is 0 Å². The smallest absolute Gasteiger partial charge is 0.278 e.